The molecule has 0 aliphatic carbocycles. The van der Waals surface area contributed by atoms with Crippen molar-refractivity contribution in [2.24, 2.45) is 0 Å². The van der Waals surface area contributed by atoms with Crippen LogP contribution in [0.3, 0.4) is 0 Å². The fourth-order valence-corrected chi connectivity index (χ4v) is 4.35. The maximum atomic E-state index is 13.0. The van der Waals surface area contributed by atoms with Crippen LogP contribution in [0.5, 0.6) is 5.75 Å². The Morgan fingerprint density at radius 1 is 1.05 bits per heavy atom. The molecule has 1 amide bonds. The van der Waals surface area contributed by atoms with E-state index in [-0.39, 0.29) is 17.2 Å². The number of fused-ring (bicyclic) bond motifs is 1. The van der Waals surface area contributed by atoms with Gasteiger partial charge in [-0.25, -0.2) is 9.31 Å². The standard InChI is InChI=1S/C24H24F3N5O5S/c1-23(2,3)36-22(33)31-10-8-30(9-11-31)19-6-4-16(5-7-19)17-12-20(37-38(34,35)24(25,26)27)21-18(13-28)14-29-32(21)15-17/h4-7,12,14-15H,8-11H2,1-3H3. The number of alkyl halides is 3. The van der Waals surface area contributed by atoms with E-state index in [1.807, 2.05) is 0 Å². The van der Waals surface area contributed by atoms with Crippen LogP contribution < -0.4 is 9.08 Å². The molecule has 14 heteroatoms. The Morgan fingerprint density at radius 3 is 2.24 bits per heavy atom. The molecule has 1 aliphatic heterocycles. The highest BCUT2D eigenvalue weighted by molar-refractivity contribution is 7.88. The molecule has 4 rings (SSSR count). The molecule has 0 bridgehead atoms. The van der Waals surface area contributed by atoms with Crippen LogP contribution in [-0.4, -0.2) is 66.3 Å². The average Bonchev–Trinajstić information content (AvgIpc) is 3.26. The van der Waals surface area contributed by atoms with E-state index >= 15 is 0 Å². The van der Waals surface area contributed by atoms with Crippen molar-refractivity contribution in [3.05, 3.63) is 48.3 Å². The number of aromatic nitrogens is 2. The number of benzene rings is 1. The van der Waals surface area contributed by atoms with Crippen molar-refractivity contribution in [1.82, 2.24) is 14.5 Å². The second-order valence-corrected chi connectivity index (χ2v) is 11.1. The molecule has 3 heterocycles. The first kappa shape index (κ1) is 27.1. The number of nitrogens with zero attached hydrogens (tertiary/aromatic N) is 5. The van der Waals surface area contributed by atoms with E-state index in [4.69, 9.17) is 4.74 Å². The largest absolute Gasteiger partial charge is 0.534 e. The molecule has 1 fully saturated rings. The van der Waals surface area contributed by atoms with Crippen LogP contribution in [0.2, 0.25) is 0 Å². The van der Waals surface area contributed by atoms with E-state index in [1.54, 1.807) is 56.0 Å². The molecule has 0 N–H and O–H groups in total. The Bertz CT molecular complexity index is 1500. The van der Waals surface area contributed by atoms with Gasteiger partial charge in [-0.3, -0.25) is 0 Å². The molecular formula is C24H24F3N5O5S. The normalized spacial score (nSPS) is 14.9. The van der Waals surface area contributed by atoms with E-state index in [0.717, 1.165) is 22.5 Å². The van der Waals surface area contributed by atoms with Crippen molar-refractivity contribution < 1.29 is 35.3 Å². The van der Waals surface area contributed by atoms with Crippen molar-refractivity contribution in [1.29, 1.82) is 5.26 Å². The summed E-state index contributed by atoms with van der Waals surface area (Å²) < 4.78 is 73.2. The minimum Gasteiger partial charge on any atom is -0.444 e. The van der Waals surface area contributed by atoms with E-state index in [0.29, 0.717) is 37.3 Å². The minimum atomic E-state index is -5.98. The molecular weight excluding hydrogens is 527 g/mol. The van der Waals surface area contributed by atoms with E-state index in [2.05, 4.69) is 14.2 Å². The number of carbonyl (C=O) groups excluding carboxylic acids is 1. The van der Waals surface area contributed by atoms with Crippen molar-refractivity contribution in [2.45, 2.75) is 31.9 Å². The van der Waals surface area contributed by atoms with E-state index in [1.165, 1.54) is 6.20 Å². The molecule has 1 saturated heterocycles. The fourth-order valence-electron chi connectivity index (χ4n) is 3.89. The van der Waals surface area contributed by atoms with Gasteiger partial charge in [-0.2, -0.15) is 31.9 Å². The van der Waals surface area contributed by atoms with E-state index in [9.17, 15) is 31.6 Å². The summed E-state index contributed by atoms with van der Waals surface area (Å²) in [4.78, 5) is 16.0. The molecule has 1 aromatic carbocycles. The first-order chi connectivity index (χ1) is 17.7. The van der Waals surface area contributed by atoms with Gasteiger partial charge in [0.2, 0.25) is 0 Å². The summed E-state index contributed by atoms with van der Waals surface area (Å²) in [6.45, 7) is 7.51. The number of nitriles is 1. The Kier molecular flexibility index (Phi) is 6.92. The summed E-state index contributed by atoms with van der Waals surface area (Å²) in [5.41, 5.74) is -4.86. The Balaban J connectivity index is 1.57. The Hall–Kier alpha value is -3.99. The van der Waals surface area contributed by atoms with Crippen molar-refractivity contribution in [3.8, 4) is 22.9 Å². The SMILES string of the molecule is CC(C)(C)OC(=O)N1CCN(c2ccc(-c3cc(OS(=O)(=O)C(F)(F)F)c4c(C#N)cnn4c3)cc2)CC1. The smallest absolute Gasteiger partial charge is 0.444 e. The van der Waals surface area contributed by atoms with Crippen LogP contribution in [0.4, 0.5) is 23.7 Å². The summed E-state index contributed by atoms with van der Waals surface area (Å²) in [6, 6.07) is 9.92. The highest BCUT2D eigenvalue weighted by Gasteiger charge is 2.49. The number of ether oxygens (including phenoxy) is 1. The van der Waals surface area contributed by atoms with Crippen LogP contribution in [0, 0.1) is 11.3 Å². The second-order valence-electron chi connectivity index (χ2n) is 9.54. The summed E-state index contributed by atoms with van der Waals surface area (Å²) in [7, 11) is -5.98. The van der Waals surface area contributed by atoms with Gasteiger partial charge in [0.15, 0.2) is 5.75 Å². The molecule has 3 aromatic rings. The molecule has 202 valence electrons. The van der Waals surface area contributed by atoms with Gasteiger partial charge >= 0.3 is 21.7 Å². The van der Waals surface area contributed by atoms with Crippen molar-refractivity contribution in [2.75, 3.05) is 31.1 Å². The van der Waals surface area contributed by atoms with Crippen LogP contribution in [-0.2, 0) is 14.9 Å². The lowest BCUT2D eigenvalue weighted by atomic mass is 10.1. The van der Waals surface area contributed by atoms with Gasteiger partial charge < -0.3 is 18.7 Å². The van der Waals surface area contributed by atoms with Gasteiger partial charge in [0, 0.05) is 43.6 Å². The lowest BCUT2D eigenvalue weighted by Gasteiger charge is -2.36. The van der Waals surface area contributed by atoms with Crippen molar-refractivity contribution >= 4 is 27.4 Å². The molecule has 0 radical (unpaired) electrons. The summed E-state index contributed by atoms with van der Waals surface area (Å²) in [6.07, 6.45) is 2.19. The van der Waals surface area contributed by atoms with Gasteiger partial charge in [0.05, 0.1) is 6.20 Å². The third-order valence-electron chi connectivity index (χ3n) is 5.68. The fraction of sp³-hybridized carbons (Fsp3) is 0.375. The van der Waals surface area contributed by atoms with Gasteiger partial charge in [-0.1, -0.05) is 12.1 Å². The maximum Gasteiger partial charge on any atom is 0.534 e. The molecule has 2 aromatic heterocycles. The first-order valence-corrected chi connectivity index (χ1v) is 12.8. The number of halogens is 3. The van der Waals surface area contributed by atoms with Crippen LogP contribution >= 0.6 is 0 Å². The van der Waals surface area contributed by atoms with Gasteiger partial charge in [0.1, 0.15) is 22.8 Å². The number of anilines is 1. The Labute approximate surface area is 216 Å². The molecule has 38 heavy (non-hydrogen) atoms. The number of pyridine rings is 1. The summed E-state index contributed by atoms with van der Waals surface area (Å²) in [5.74, 6) is -0.670. The molecule has 0 unspecified atom stereocenters. The molecule has 0 atom stereocenters. The number of hydrogen-bond acceptors (Lipinski definition) is 8. The zero-order chi connectivity index (χ0) is 27.9. The quantitative estimate of drug-likeness (QED) is 0.351. The topological polar surface area (TPSA) is 117 Å². The van der Waals surface area contributed by atoms with Gasteiger partial charge in [-0.15, -0.1) is 0 Å². The Morgan fingerprint density at radius 2 is 1.68 bits per heavy atom. The maximum absolute atomic E-state index is 13.0. The number of rotatable bonds is 4. The zero-order valence-electron chi connectivity index (χ0n) is 20.7. The molecule has 1 aliphatic rings. The third kappa shape index (κ3) is 5.62. The number of amides is 1. The number of hydrogen-bond donors (Lipinski definition) is 0. The second kappa shape index (κ2) is 9.71. The molecule has 0 spiro atoms. The van der Waals surface area contributed by atoms with Crippen molar-refractivity contribution in [3.63, 3.8) is 0 Å². The lowest BCUT2D eigenvalue weighted by molar-refractivity contribution is -0.0499. The third-order valence-corrected chi connectivity index (χ3v) is 6.64. The zero-order valence-corrected chi connectivity index (χ0v) is 21.5. The predicted octanol–water partition coefficient (Wildman–Crippen LogP) is 4.16. The van der Waals surface area contributed by atoms with Gasteiger partial charge in [0.25, 0.3) is 0 Å². The predicted molar refractivity (Wildman–Crippen MR) is 131 cm³/mol. The van der Waals surface area contributed by atoms with Crippen LogP contribution in [0.15, 0.2) is 42.7 Å². The number of carbonyl (C=O) groups is 1. The highest BCUT2D eigenvalue weighted by Crippen LogP contribution is 2.34. The molecule has 10 nitrogen and oxygen atoms in total. The highest BCUT2D eigenvalue weighted by atomic mass is 32.2. The molecule has 0 saturated carbocycles. The van der Waals surface area contributed by atoms with Crippen LogP contribution in [0.1, 0.15) is 26.3 Å². The minimum absolute atomic E-state index is 0.148. The average molecular weight is 552 g/mol. The summed E-state index contributed by atoms with van der Waals surface area (Å²) >= 11 is 0. The first-order valence-electron chi connectivity index (χ1n) is 11.4. The van der Waals surface area contributed by atoms with Gasteiger partial charge in [-0.05, 0) is 44.5 Å². The number of piperazine rings is 1. The monoisotopic (exact) mass is 551 g/mol. The lowest BCUT2D eigenvalue weighted by Crippen LogP contribution is -2.50. The summed E-state index contributed by atoms with van der Waals surface area (Å²) in [5, 5.41) is 13.2. The van der Waals surface area contributed by atoms with Crippen LogP contribution in [0.25, 0.3) is 16.6 Å². The van der Waals surface area contributed by atoms with E-state index < -0.39 is 27.0 Å².